The molecule has 0 amide bonds. The van der Waals surface area contributed by atoms with Crippen molar-refractivity contribution in [3.8, 4) is 5.88 Å². The Morgan fingerprint density at radius 3 is 2.81 bits per heavy atom. The van der Waals surface area contributed by atoms with E-state index in [0.717, 1.165) is 31.7 Å². The number of aromatic nitrogens is 5. The van der Waals surface area contributed by atoms with Gasteiger partial charge in [0.15, 0.2) is 5.78 Å². The molecule has 0 spiro atoms. The zero-order valence-electron chi connectivity index (χ0n) is 14.9. The highest BCUT2D eigenvalue weighted by Crippen LogP contribution is 2.28. The number of carbonyl (C=O) groups excluding carboxylic acids is 1. The van der Waals surface area contributed by atoms with Gasteiger partial charge in [-0.25, -0.2) is 9.97 Å². The lowest BCUT2D eigenvalue weighted by Gasteiger charge is -2.19. The van der Waals surface area contributed by atoms with Crippen LogP contribution in [0.3, 0.4) is 0 Å². The molecule has 1 aliphatic heterocycles. The van der Waals surface area contributed by atoms with E-state index < -0.39 is 0 Å². The third-order valence-electron chi connectivity index (χ3n) is 4.65. The first-order chi connectivity index (χ1) is 12.6. The summed E-state index contributed by atoms with van der Waals surface area (Å²) in [6.45, 7) is 1.52. The summed E-state index contributed by atoms with van der Waals surface area (Å²) in [7, 11) is 3.35. The summed E-state index contributed by atoms with van der Waals surface area (Å²) in [5, 5.41) is 4.15. The monoisotopic (exact) mass is 355 g/mol. The lowest BCUT2D eigenvalue weighted by atomic mass is 9.97. The number of imidazole rings is 1. The number of carbonyl (C=O) groups is 1. The van der Waals surface area contributed by atoms with Gasteiger partial charge in [-0.1, -0.05) is 0 Å². The third-order valence-corrected chi connectivity index (χ3v) is 4.65. The fourth-order valence-corrected chi connectivity index (χ4v) is 3.27. The smallest absolute Gasteiger partial charge is 0.258 e. The Morgan fingerprint density at radius 1 is 1.31 bits per heavy atom. The number of aryl methyl sites for hydroxylation is 1. The van der Waals surface area contributed by atoms with Crippen molar-refractivity contribution >= 4 is 11.4 Å². The van der Waals surface area contributed by atoms with Crippen LogP contribution in [0.25, 0.3) is 5.65 Å². The molecule has 0 aromatic carbocycles. The van der Waals surface area contributed by atoms with Crippen molar-refractivity contribution in [1.82, 2.24) is 24.1 Å². The first kappa shape index (κ1) is 16.7. The fraction of sp³-hybridized carbons (Fsp3) is 0.444. The molecule has 0 radical (unpaired) electrons. The van der Waals surface area contributed by atoms with E-state index in [2.05, 4.69) is 10.1 Å². The van der Waals surface area contributed by atoms with Gasteiger partial charge in [-0.2, -0.15) is 5.10 Å². The predicted octanol–water partition coefficient (Wildman–Crippen LogP) is 1.79. The van der Waals surface area contributed by atoms with Crippen molar-refractivity contribution in [2.75, 3.05) is 20.3 Å². The molecule has 8 heteroatoms. The number of hydrogen-bond acceptors (Lipinski definition) is 6. The highest BCUT2D eigenvalue weighted by Gasteiger charge is 2.21. The van der Waals surface area contributed by atoms with Crippen LogP contribution in [0.2, 0.25) is 0 Å². The molecule has 1 fully saturated rings. The zero-order chi connectivity index (χ0) is 18.1. The van der Waals surface area contributed by atoms with Crippen molar-refractivity contribution < 1.29 is 14.3 Å². The average molecular weight is 355 g/mol. The molecule has 0 N–H and O–H groups in total. The molecule has 0 saturated carbocycles. The van der Waals surface area contributed by atoms with Crippen LogP contribution in [-0.2, 0) is 18.2 Å². The first-order valence-corrected chi connectivity index (χ1v) is 8.67. The summed E-state index contributed by atoms with van der Waals surface area (Å²) in [5.41, 5.74) is 2.74. The minimum Gasteiger partial charge on any atom is -0.478 e. The van der Waals surface area contributed by atoms with Gasteiger partial charge in [0.25, 0.3) is 5.88 Å². The molecule has 26 heavy (non-hydrogen) atoms. The topological polar surface area (TPSA) is 83.5 Å². The van der Waals surface area contributed by atoms with Crippen LogP contribution >= 0.6 is 0 Å². The van der Waals surface area contributed by atoms with Gasteiger partial charge < -0.3 is 13.9 Å². The number of fused-ring (bicyclic) bond motifs is 1. The maximum Gasteiger partial charge on any atom is 0.258 e. The molecule has 3 aromatic rings. The number of nitrogens with zero attached hydrogens (tertiary/aromatic N) is 5. The van der Waals surface area contributed by atoms with Gasteiger partial charge in [0.05, 0.1) is 24.9 Å². The average Bonchev–Trinajstić information content (AvgIpc) is 3.28. The van der Waals surface area contributed by atoms with Crippen LogP contribution in [0.5, 0.6) is 5.88 Å². The summed E-state index contributed by atoms with van der Waals surface area (Å²) < 4.78 is 14.4. The Balaban J connectivity index is 1.64. The summed E-state index contributed by atoms with van der Waals surface area (Å²) in [5.74, 6) is 0.728. The van der Waals surface area contributed by atoms with Crippen LogP contribution in [0.1, 0.15) is 40.6 Å². The Bertz CT molecular complexity index is 940. The Morgan fingerprint density at radius 2 is 2.12 bits per heavy atom. The van der Waals surface area contributed by atoms with Gasteiger partial charge in [-0.3, -0.25) is 9.48 Å². The largest absolute Gasteiger partial charge is 0.478 e. The molecule has 0 bridgehead atoms. The second kappa shape index (κ2) is 6.87. The quantitative estimate of drug-likeness (QED) is 0.649. The summed E-state index contributed by atoms with van der Waals surface area (Å²) >= 11 is 0. The van der Waals surface area contributed by atoms with Crippen molar-refractivity contribution in [3.63, 3.8) is 0 Å². The molecule has 136 valence electrons. The second-order valence-corrected chi connectivity index (χ2v) is 6.50. The number of methoxy groups -OCH3 is 1. The lowest BCUT2D eigenvalue weighted by Crippen LogP contribution is -2.14. The van der Waals surface area contributed by atoms with E-state index in [-0.39, 0.29) is 12.2 Å². The maximum absolute atomic E-state index is 12.4. The minimum absolute atomic E-state index is 0.0794. The number of hydrogen-bond donors (Lipinski definition) is 0. The van der Waals surface area contributed by atoms with E-state index >= 15 is 0 Å². The van der Waals surface area contributed by atoms with Crippen molar-refractivity contribution in [2.24, 2.45) is 7.05 Å². The van der Waals surface area contributed by atoms with E-state index in [4.69, 9.17) is 14.5 Å². The molecule has 4 rings (SSSR count). The summed E-state index contributed by atoms with van der Waals surface area (Å²) in [4.78, 5) is 21.6. The van der Waals surface area contributed by atoms with Crippen molar-refractivity contribution in [3.05, 3.63) is 41.7 Å². The van der Waals surface area contributed by atoms with E-state index in [1.54, 1.807) is 31.1 Å². The molecular formula is C18H21N5O3. The zero-order valence-corrected chi connectivity index (χ0v) is 14.9. The highest BCUT2D eigenvalue weighted by molar-refractivity contribution is 5.95. The van der Waals surface area contributed by atoms with E-state index in [0.29, 0.717) is 28.8 Å². The molecule has 0 aliphatic carbocycles. The standard InChI is InChI=1S/C18H21N5O3/c1-22-6-3-14(21-22)16(24)9-13-10-23-11-15(12-4-7-26-8-5-12)20-17(23)18(19-13)25-2/h3,6,10-12H,4-5,7-9H2,1-2H3. The molecule has 0 atom stereocenters. The van der Waals surface area contributed by atoms with Gasteiger partial charge in [0.2, 0.25) is 5.65 Å². The summed E-state index contributed by atoms with van der Waals surface area (Å²) in [6, 6.07) is 1.71. The number of rotatable bonds is 5. The van der Waals surface area contributed by atoms with Crippen LogP contribution in [0.4, 0.5) is 0 Å². The highest BCUT2D eigenvalue weighted by atomic mass is 16.5. The minimum atomic E-state index is -0.0794. The number of ketones is 1. The van der Waals surface area contributed by atoms with Crippen LogP contribution in [0, 0.1) is 0 Å². The lowest BCUT2D eigenvalue weighted by molar-refractivity contribution is 0.0846. The normalized spacial score (nSPS) is 15.5. The van der Waals surface area contributed by atoms with Crippen molar-refractivity contribution in [1.29, 1.82) is 0 Å². The summed E-state index contributed by atoms with van der Waals surface area (Å²) in [6.07, 6.45) is 7.68. The number of ether oxygens (including phenoxy) is 2. The van der Waals surface area contributed by atoms with Gasteiger partial charge >= 0.3 is 0 Å². The van der Waals surface area contributed by atoms with Gasteiger partial charge in [0, 0.05) is 44.8 Å². The van der Waals surface area contributed by atoms with Crippen LogP contribution in [0.15, 0.2) is 24.7 Å². The predicted molar refractivity (Wildman–Crippen MR) is 93.6 cm³/mol. The van der Waals surface area contributed by atoms with Crippen LogP contribution < -0.4 is 4.74 Å². The molecular weight excluding hydrogens is 334 g/mol. The maximum atomic E-state index is 12.4. The second-order valence-electron chi connectivity index (χ2n) is 6.50. The third kappa shape index (κ3) is 3.20. The van der Waals surface area contributed by atoms with Gasteiger partial charge in [-0.05, 0) is 18.9 Å². The molecule has 3 aromatic heterocycles. The van der Waals surface area contributed by atoms with E-state index in [1.807, 2.05) is 16.8 Å². The Labute approximate surface area is 150 Å². The Hall–Kier alpha value is -2.74. The van der Waals surface area contributed by atoms with E-state index in [1.165, 1.54) is 0 Å². The molecule has 0 unspecified atom stereocenters. The molecule has 1 aliphatic rings. The molecule has 1 saturated heterocycles. The SMILES string of the molecule is COc1nc(CC(=O)c2ccn(C)n2)cn2cc(C3CCOCC3)nc12. The van der Waals surface area contributed by atoms with Crippen LogP contribution in [-0.4, -0.2) is 50.3 Å². The first-order valence-electron chi connectivity index (χ1n) is 8.67. The number of Topliss-reactive ketones (excluding diaryl/α,β-unsaturated/α-hetero) is 1. The Kier molecular flexibility index (Phi) is 4.42. The molecule has 8 nitrogen and oxygen atoms in total. The fourth-order valence-electron chi connectivity index (χ4n) is 3.27. The van der Waals surface area contributed by atoms with Gasteiger partial charge in [-0.15, -0.1) is 0 Å². The van der Waals surface area contributed by atoms with Crippen molar-refractivity contribution in [2.45, 2.75) is 25.2 Å². The van der Waals surface area contributed by atoms with Gasteiger partial charge in [0.1, 0.15) is 5.69 Å². The molecule has 4 heterocycles. The van der Waals surface area contributed by atoms with E-state index in [9.17, 15) is 4.79 Å².